The van der Waals surface area contributed by atoms with Crippen molar-refractivity contribution in [3.8, 4) is 0 Å². The average molecular weight is 207 g/mol. The Morgan fingerprint density at radius 3 is 2.50 bits per heavy atom. The molecule has 0 spiro atoms. The fourth-order valence-corrected chi connectivity index (χ4v) is 1.66. The molecule has 0 bridgehead atoms. The van der Waals surface area contributed by atoms with Crippen LogP contribution in [0.3, 0.4) is 0 Å². The van der Waals surface area contributed by atoms with Crippen molar-refractivity contribution in [2.75, 3.05) is 19.0 Å². The number of thiazole rings is 1. The topological polar surface area (TPSA) is 53.4 Å². The standard InChI is InChI=1S/C6H7ClN2O2S/c1-9(2)6-8-4(7)3(12-6)5(10)11/h1-2H3,(H,10,11). The summed E-state index contributed by atoms with van der Waals surface area (Å²) in [5.74, 6) is -1.04. The second kappa shape index (κ2) is 3.28. The minimum atomic E-state index is -1.04. The Morgan fingerprint density at radius 2 is 2.25 bits per heavy atom. The van der Waals surface area contributed by atoms with E-state index in [1.807, 2.05) is 0 Å². The van der Waals surface area contributed by atoms with Crippen LogP contribution < -0.4 is 4.90 Å². The first-order valence-corrected chi connectivity index (χ1v) is 4.28. The summed E-state index contributed by atoms with van der Waals surface area (Å²) in [7, 11) is 3.56. The monoisotopic (exact) mass is 206 g/mol. The predicted octanol–water partition coefficient (Wildman–Crippen LogP) is 1.56. The molecule has 6 heteroatoms. The van der Waals surface area contributed by atoms with E-state index in [1.54, 1.807) is 19.0 Å². The van der Waals surface area contributed by atoms with E-state index >= 15 is 0 Å². The molecule has 12 heavy (non-hydrogen) atoms. The Labute approximate surface area is 78.4 Å². The summed E-state index contributed by atoms with van der Waals surface area (Å²) in [4.78, 5) is 16.2. The fraction of sp³-hybridized carbons (Fsp3) is 0.333. The summed E-state index contributed by atoms with van der Waals surface area (Å²) in [6.45, 7) is 0. The van der Waals surface area contributed by atoms with Gasteiger partial charge in [-0.1, -0.05) is 22.9 Å². The van der Waals surface area contributed by atoms with Crippen LogP contribution in [0.2, 0.25) is 5.15 Å². The summed E-state index contributed by atoms with van der Waals surface area (Å²) >= 11 is 6.63. The maximum atomic E-state index is 10.5. The van der Waals surface area contributed by atoms with Gasteiger partial charge in [0.15, 0.2) is 15.2 Å². The number of carboxylic acid groups (broad SMARTS) is 1. The van der Waals surface area contributed by atoms with Gasteiger partial charge in [0.2, 0.25) is 0 Å². The molecule has 1 heterocycles. The second-order valence-corrected chi connectivity index (χ2v) is 3.65. The van der Waals surface area contributed by atoms with Gasteiger partial charge >= 0.3 is 5.97 Å². The maximum Gasteiger partial charge on any atom is 0.349 e. The highest BCUT2D eigenvalue weighted by atomic mass is 35.5. The highest BCUT2D eigenvalue weighted by Gasteiger charge is 2.16. The van der Waals surface area contributed by atoms with Crippen molar-refractivity contribution < 1.29 is 9.90 Å². The molecule has 66 valence electrons. The van der Waals surface area contributed by atoms with Crippen LogP contribution in [0, 0.1) is 0 Å². The minimum Gasteiger partial charge on any atom is -0.477 e. The van der Waals surface area contributed by atoms with Gasteiger partial charge in [0.25, 0.3) is 0 Å². The molecule has 1 aromatic rings. The normalized spacial score (nSPS) is 9.92. The lowest BCUT2D eigenvalue weighted by atomic mass is 10.6. The molecule has 4 nitrogen and oxygen atoms in total. The van der Waals surface area contributed by atoms with Gasteiger partial charge in [-0.3, -0.25) is 0 Å². The number of carbonyl (C=O) groups is 1. The Kier molecular flexibility index (Phi) is 2.54. The van der Waals surface area contributed by atoms with Crippen LogP contribution in [-0.4, -0.2) is 30.2 Å². The maximum absolute atomic E-state index is 10.5. The van der Waals surface area contributed by atoms with Gasteiger partial charge in [0.1, 0.15) is 0 Å². The van der Waals surface area contributed by atoms with E-state index in [9.17, 15) is 4.79 Å². The summed E-state index contributed by atoms with van der Waals surface area (Å²) in [5.41, 5.74) is 0. The summed E-state index contributed by atoms with van der Waals surface area (Å²) in [5, 5.41) is 9.28. The molecule has 0 aliphatic heterocycles. The van der Waals surface area contributed by atoms with E-state index in [2.05, 4.69) is 4.98 Å². The van der Waals surface area contributed by atoms with Crippen molar-refractivity contribution in [3.05, 3.63) is 10.0 Å². The highest BCUT2D eigenvalue weighted by Crippen LogP contribution is 2.27. The van der Waals surface area contributed by atoms with Crippen molar-refractivity contribution in [3.63, 3.8) is 0 Å². The number of rotatable bonds is 2. The third kappa shape index (κ3) is 1.67. The summed E-state index contributed by atoms with van der Waals surface area (Å²) in [6, 6.07) is 0. The number of hydrogen-bond acceptors (Lipinski definition) is 4. The number of aromatic carboxylic acids is 1. The van der Waals surface area contributed by atoms with E-state index in [0.29, 0.717) is 5.13 Å². The molecule has 0 radical (unpaired) electrons. The van der Waals surface area contributed by atoms with Gasteiger partial charge in [-0.2, -0.15) is 0 Å². The smallest absolute Gasteiger partial charge is 0.349 e. The number of anilines is 1. The molecule has 0 saturated carbocycles. The first-order valence-electron chi connectivity index (χ1n) is 3.09. The molecule has 0 atom stereocenters. The van der Waals surface area contributed by atoms with Crippen LogP contribution in [0.4, 0.5) is 5.13 Å². The number of aromatic nitrogens is 1. The number of halogens is 1. The summed E-state index contributed by atoms with van der Waals surface area (Å²) in [6.07, 6.45) is 0. The molecule has 0 fully saturated rings. The molecule has 0 aliphatic carbocycles. The lowest BCUT2D eigenvalue weighted by molar-refractivity contribution is 0.0702. The van der Waals surface area contributed by atoms with Crippen LogP contribution in [0.1, 0.15) is 9.67 Å². The first kappa shape index (κ1) is 9.28. The number of hydrogen-bond donors (Lipinski definition) is 1. The van der Waals surface area contributed by atoms with Gasteiger partial charge in [-0.25, -0.2) is 9.78 Å². The van der Waals surface area contributed by atoms with Crippen molar-refractivity contribution in [2.24, 2.45) is 0 Å². The van der Waals surface area contributed by atoms with E-state index in [1.165, 1.54) is 0 Å². The molecule has 0 aromatic carbocycles. The Bertz CT molecular complexity index is 310. The van der Waals surface area contributed by atoms with Gasteiger partial charge < -0.3 is 10.0 Å². The third-order valence-electron chi connectivity index (χ3n) is 1.15. The minimum absolute atomic E-state index is 0.0520. The molecule has 0 aliphatic rings. The van der Waals surface area contributed by atoms with Crippen LogP contribution in [0.25, 0.3) is 0 Å². The molecule has 0 unspecified atom stereocenters. The molecule has 0 saturated heterocycles. The number of nitrogens with zero attached hydrogens (tertiary/aromatic N) is 2. The van der Waals surface area contributed by atoms with Gasteiger partial charge in [-0.15, -0.1) is 0 Å². The van der Waals surface area contributed by atoms with Crippen LogP contribution in [-0.2, 0) is 0 Å². The zero-order chi connectivity index (χ0) is 9.30. The molecule has 1 aromatic heterocycles. The van der Waals surface area contributed by atoms with Crippen LogP contribution >= 0.6 is 22.9 Å². The largest absolute Gasteiger partial charge is 0.477 e. The van der Waals surface area contributed by atoms with E-state index in [4.69, 9.17) is 16.7 Å². The van der Waals surface area contributed by atoms with E-state index in [-0.39, 0.29) is 10.0 Å². The van der Waals surface area contributed by atoms with Crippen molar-refractivity contribution in [2.45, 2.75) is 0 Å². The van der Waals surface area contributed by atoms with E-state index in [0.717, 1.165) is 11.3 Å². The lowest BCUT2D eigenvalue weighted by Gasteiger charge is -2.04. The zero-order valence-corrected chi connectivity index (χ0v) is 8.11. The van der Waals surface area contributed by atoms with Gasteiger partial charge in [0, 0.05) is 14.1 Å². The average Bonchev–Trinajstić information content (AvgIpc) is 2.30. The molecular weight excluding hydrogens is 200 g/mol. The molecule has 0 amide bonds. The van der Waals surface area contributed by atoms with E-state index < -0.39 is 5.97 Å². The van der Waals surface area contributed by atoms with Crippen molar-refractivity contribution in [1.82, 2.24) is 4.98 Å². The first-order chi connectivity index (χ1) is 5.52. The van der Waals surface area contributed by atoms with Crippen molar-refractivity contribution in [1.29, 1.82) is 0 Å². The quantitative estimate of drug-likeness (QED) is 0.798. The highest BCUT2D eigenvalue weighted by molar-refractivity contribution is 7.18. The van der Waals surface area contributed by atoms with Crippen LogP contribution in [0.15, 0.2) is 0 Å². The zero-order valence-electron chi connectivity index (χ0n) is 6.54. The van der Waals surface area contributed by atoms with Crippen molar-refractivity contribution >= 4 is 34.0 Å². The third-order valence-corrected chi connectivity index (χ3v) is 2.75. The molecular formula is C6H7ClN2O2S. The predicted molar refractivity (Wildman–Crippen MR) is 48.4 cm³/mol. The molecule has 1 rings (SSSR count). The van der Waals surface area contributed by atoms with Crippen LogP contribution in [0.5, 0.6) is 0 Å². The van der Waals surface area contributed by atoms with Gasteiger partial charge in [0.05, 0.1) is 0 Å². The Hall–Kier alpha value is -0.810. The molecule has 1 N–H and O–H groups in total. The Balaban J connectivity index is 3.09. The lowest BCUT2D eigenvalue weighted by Crippen LogP contribution is -2.07. The fourth-order valence-electron chi connectivity index (χ4n) is 0.614. The number of carboxylic acids is 1. The van der Waals surface area contributed by atoms with Gasteiger partial charge in [-0.05, 0) is 0 Å². The second-order valence-electron chi connectivity index (χ2n) is 2.32. The summed E-state index contributed by atoms with van der Waals surface area (Å²) < 4.78 is 0. The SMILES string of the molecule is CN(C)c1nc(Cl)c(C(=O)O)s1. The Morgan fingerprint density at radius 1 is 1.67 bits per heavy atom.